The minimum atomic E-state index is -0.898. The number of carbonyl (C=O) groups is 1. The lowest BCUT2D eigenvalue weighted by Gasteiger charge is -2.05. The molecule has 56 valence electrons. The molecule has 4 nitrogen and oxygen atoms in total. The van der Waals surface area contributed by atoms with Gasteiger partial charge in [0.05, 0.1) is 19.0 Å². The molecule has 2 N–H and O–H groups in total. The van der Waals surface area contributed by atoms with Crippen LogP contribution in [-0.4, -0.2) is 23.7 Å². The summed E-state index contributed by atoms with van der Waals surface area (Å²) >= 11 is 0. The Hall–Kier alpha value is -1.08. The molecule has 0 aliphatic heterocycles. The van der Waals surface area contributed by atoms with Gasteiger partial charge in [-0.25, -0.2) is 0 Å². The minimum absolute atomic E-state index is 0.0406. The molecule has 0 spiro atoms. The summed E-state index contributed by atoms with van der Waals surface area (Å²) in [7, 11) is 0. The van der Waals surface area contributed by atoms with Gasteiger partial charge < -0.3 is 10.4 Å². The van der Waals surface area contributed by atoms with Crippen molar-refractivity contribution in [2.45, 2.75) is 19.4 Å². The first-order valence-corrected chi connectivity index (χ1v) is 2.99. The Kier molecular flexibility index (Phi) is 4.25. The second-order valence-electron chi connectivity index (χ2n) is 2.04. The summed E-state index contributed by atoms with van der Waals surface area (Å²) < 4.78 is 0. The molecule has 0 saturated carbocycles. The van der Waals surface area contributed by atoms with Crippen LogP contribution in [0, 0.1) is 11.3 Å². The Labute approximate surface area is 59.5 Å². The van der Waals surface area contributed by atoms with Crippen molar-refractivity contribution in [2.75, 3.05) is 6.54 Å². The highest BCUT2D eigenvalue weighted by Crippen LogP contribution is 1.85. The minimum Gasteiger partial charge on any atom is -0.480 e. The molecule has 0 radical (unpaired) electrons. The van der Waals surface area contributed by atoms with Crippen LogP contribution >= 0.6 is 0 Å². The third-order valence-corrected chi connectivity index (χ3v) is 0.999. The molecule has 0 amide bonds. The number of hydrogen-bond donors (Lipinski definition) is 2. The maximum atomic E-state index is 9.96. The van der Waals surface area contributed by atoms with Crippen molar-refractivity contribution >= 4 is 5.97 Å². The molecule has 0 aliphatic carbocycles. The fourth-order valence-corrected chi connectivity index (χ4v) is 0.471. The van der Waals surface area contributed by atoms with Gasteiger partial charge in [-0.15, -0.1) is 0 Å². The lowest BCUT2D eigenvalue weighted by molar-refractivity contribution is -0.136. The standard InChI is InChI=1S/C6H10N2O2/c1-5(2-3-7)8-4-6(9)10/h5,8H,2,4H2,1H3,(H,9,10). The third kappa shape index (κ3) is 5.06. The van der Waals surface area contributed by atoms with Crippen LogP contribution in [0.25, 0.3) is 0 Å². The molecule has 0 saturated heterocycles. The Bertz CT molecular complexity index is 150. The fourth-order valence-electron chi connectivity index (χ4n) is 0.471. The molecular weight excluding hydrogens is 132 g/mol. The molecule has 1 unspecified atom stereocenters. The topological polar surface area (TPSA) is 73.1 Å². The van der Waals surface area contributed by atoms with Crippen molar-refractivity contribution < 1.29 is 9.90 Å². The summed E-state index contributed by atoms with van der Waals surface area (Å²) in [5.74, 6) is -0.898. The van der Waals surface area contributed by atoms with Gasteiger partial charge in [0.2, 0.25) is 0 Å². The Morgan fingerprint density at radius 3 is 2.90 bits per heavy atom. The largest absolute Gasteiger partial charge is 0.480 e. The molecule has 10 heavy (non-hydrogen) atoms. The van der Waals surface area contributed by atoms with Gasteiger partial charge in [-0.3, -0.25) is 4.79 Å². The van der Waals surface area contributed by atoms with Crippen LogP contribution in [0.15, 0.2) is 0 Å². The highest BCUT2D eigenvalue weighted by Gasteiger charge is 2.01. The number of carboxylic acid groups (broad SMARTS) is 1. The first kappa shape index (κ1) is 8.92. The average Bonchev–Trinajstić information content (AvgIpc) is 1.85. The van der Waals surface area contributed by atoms with Crippen LogP contribution in [0.5, 0.6) is 0 Å². The van der Waals surface area contributed by atoms with Crippen molar-refractivity contribution in [3.63, 3.8) is 0 Å². The summed E-state index contributed by atoms with van der Waals surface area (Å²) in [6.07, 6.45) is 0.341. The molecule has 0 aliphatic rings. The number of nitriles is 1. The summed E-state index contributed by atoms with van der Waals surface area (Å²) in [5, 5.41) is 19.0. The van der Waals surface area contributed by atoms with Crippen molar-refractivity contribution in [3.05, 3.63) is 0 Å². The monoisotopic (exact) mass is 142 g/mol. The van der Waals surface area contributed by atoms with E-state index in [2.05, 4.69) is 5.32 Å². The van der Waals surface area contributed by atoms with Gasteiger partial charge in [0.25, 0.3) is 0 Å². The highest BCUT2D eigenvalue weighted by molar-refractivity contribution is 5.69. The second kappa shape index (κ2) is 4.77. The van der Waals surface area contributed by atoms with Gasteiger partial charge in [-0.1, -0.05) is 0 Å². The number of nitrogens with zero attached hydrogens (tertiary/aromatic N) is 1. The Morgan fingerprint density at radius 1 is 1.90 bits per heavy atom. The summed E-state index contributed by atoms with van der Waals surface area (Å²) in [6, 6.07) is 1.90. The molecule has 0 heterocycles. The van der Waals surface area contributed by atoms with E-state index in [4.69, 9.17) is 10.4 Å². The quantitative estimate of drug-likeness (QED) is 0.577. The number of rotatable bonds is 4. The molecule has 0 bridgehead atoms. The molecule has 0 aromatic carbocycles. The maximum Gasteiger partial charge on any atom is 0.317 e. The average molecular weight is 142 g/mol. The zero-order valence-electron chi connectivity index (χ0n) is 5.79. The number of nitrogens with one attached hydrogen (secondary N) is 1. The first-order chi connectivity index (χ1) is 4.66. The summed E-state index contributed by atoms with van der Waals surface area (Å²) in [4.78, 5) is 9.96. The molecule has 4 heteroatoms. The number of aliphatic carboxylic acids is 1. The highest BCUT2D eigenvalue weighted by atomic mass is 16.4. The number of carboxylic acids is 1. The van der Waals surface area contributed by atoms with Crippen LogP contribution in [-0.2, 0) is 4.79 Å². The normalized spacial score (nSPS) is 12.0. The molecule has 0 aromatic rings. The molecule has 0 fully saturated rings. The van der Waals surface area contributed by atoms with E-state index >= 15 is 0 Å². The fraction of sp³-hybridized carbons (Fsp3) is 0.667. The van der Waals surface area contributed by atoms with E-state index in [1.54, 1.807) is 6.92 Å². The molecule has 0 rings (SSSR count). The number of hydrogen-bond acceptors (Lipinski definition) is 3. The van der Waals surface area contributed by atoms with Gasteiger partial charge in [0.1, 0.15) is 0 Å². The first-order valence-electron chi connectivity index (χ1n) is 2.99. The summed E-state index contributed by atoms with van der Waals surface area (Å²) in [6.45, 7) is 1.69. The van der Waals surface area contributed by atoms with E-state index in [1.807, 2.05) is 6.07 Å². The Morgan fingerprint density at radius 2 is 2.50 bits per heavy atom. The van der Waals surface area contributed by atoms with Crippen LogP contribution in [0.4, 0.5) is 0 Å². The zero-order valence-corrected chi connectivity index (χ0v) is 5.79. The lowest BCUT2D eigenvalue weighted by Crippen LogP contribution is -2.30. The van der Waals surface area contributed by atoms with Gasteiger partial charge >= 0.3 is 5.97 Å². The smallest absolute Gasteiger partial charge is 0.317 e. The van der Waals surface area contributed by atoms with Crippen molar-refractivity contribution in [1.29, 1.82) is 5.26 Å². The molecule has 0 aromatic heterocycles. The predicted molar refractivity (Wildman–Crippen MR) is 35.3 cm³/mol. The van der Waals surface area contributed by atoms with Crippen LogP contribution in [0.3, 0.4) is 0 Å². The van der Waals surface area contributed by atoms with Crippen LogP contribution < -0.4 is 5.32 Å². The van der Waals surface area contributed by atoms with Gasteiger partial charge in [-0.05, 0) is 6.92 Å². The molecular formula is C6H10N2O2. The van der Waals surface area contributed by atoms with Gasteiger partial charge in [0, 0.05) is 6.04 Å². The molecule has 1 atom stereocenters. The third-order valence-electron chi connectivity index (χ3n) is 0.999. The van der Waals surface area contributed by atoms with E-state index in [0.29, 0.717) is 6.42 Å². The van der Waals surface area contributed by atoms with E-state index < -0.39 is 5.97 Å². The van der Waals surface area contributed by atoms with Crippen molar-refractivity contribution in [2.24, 2.45) is 0 Å². The second-order valence-corrected chi connectivity index (χ2v) is 2.04. The maximum absolute atomic E-state index is 9.96. The van der Waals surface area contributed by atoms with Crippen molar-refractivity contribution in [1.82, 2.24) is 5.32 Å². The van der Waals surface area contributed by atoms with E-state index in [1.165, 1.54) is 0 Å². The van der Waals surface area contributed by atoms with E-state index in [0.717, 1.165) is 0 Å². The van der Waals surface area contributed by atoms with E-state index in [-0.39, 0.29) is 12.6 Å². The SMILES string of the molecule is CC(CC#N)NCC(=O)O. The zero-order chi connectivity index (χ0) is 7.98. The Balaban J connectivity index is 3.32. The van der Waals surface area contributed by atoms with Gasteiger partial charge in [0.15, 0.2) is 0 Å². The summed E-state index contributed by atoms with van der Waals surface area (Å²) in [5.41, 5.74) is 0. The predicted octanol–water partition coefficient (Wildman–Crippen LogP) is -0.0372. The lowest BCUT2D eigenvalue weighted by atomic mass is 10.2. The van der Waals surface area contributed by atoms with Crippen LogP contribution in [0.2, 0.25) is 0 Å². The van der Waals surface area contributed by atoms with E-state index in [9.17, 15) is 4.79 Å². The van der Waals surface area contributed by atoms with Crippen molar-refractivity contribution in [3.8, 4) is 6.07 Å². The van der Waals surface area contributed by atoms with Crippen LogP contribution in [0.1, 0.15) is 13.3 Å². The van der Waals surface area contributed by atoms with Gasteiger partial charge in [-0.2, -0.15) is 5.26 Å².